The number of rotatable bonds is 1. The summed E-state index contributed by atoms with van der Waals surface area (Å²) in [6.07, 6.45) is 3.87. The number of benzene rings is 1. The van der Waals surface area contributed by atoms with E-state index in [9.17, 15) is 4.79 Å². The minimum absolute atomic E-state index is 0.352. The first-order valence-electron chi connectivity index (χ1n) is 6.90. The van der Waals surface area contributed by atoms with Crippen LogP contribution >= 0.6 is 0 Å². The number of anilines is 1. The molecule has 94 valence electrons. The van der Waals surface area contributed by atoms with E-state index >= 15 is 0 Å². The number of carbonyl (C=O) groups excluding carboxylic acids is 1. The highest BCUT2D eigenvalue weighted by molar-refractivity contribution is 5.83. The van der Waals surface area contributed by atoms with Crippen molar-refractivity contribution in [2.45, 2.75) is 32.4 Å². The Kier molecular flexibility index (Phi) is 2.02. The van der Waals surface area contributed by atoms with Gasteiger partial charge in [-0.25, -0.2) is 0 Å². The molecular weight excluding hydrogens is 224 g/mol. The molecule has 1 aromatic carbocycles. The smallest absolute Gasteiger partial charge is 0.226 e. The van der Waals surface area contributed by atoms with Gasteiger partial charge in [0.1, 0.15) is 0 Å². The Labute approximate surface area is 107 Å². The van der Waals surface area contributed by atoms with Gasteiger partial charge in [-0.05, 0) is 47.9 Å². The van der Waals surface area contributed by atoms with E-state index in [-0.39, 0.29) is 0 Å². The summed E-state index contributed by atoms with van der Waals surface area (Å²) in [4.78, 5) is 14.5. The monoisotopic (exact) mass is 242 g/mol. The molecule has 2 unspecified atom stereocenters. The third-order valence-electron chi connectivity index (χ3n) is 4.96. The van der Waals surface area contributed by atoms with E-state index in [2.05, 4.69) is 6.07 Å². The van der Waals surface area contributed by atoms with E-state index < -0.39 is 0 Å². The van der Waals surface area contributed by atoms with Crippen LogP contribution in [0.4, 0.5) is 5.69 Å². The molecule has 2 fully saturated rings. The number of hydrogen-bond acceptors (Lipinski definition) is 2. The summed E-state index contributed by atoms with van der Waals surface area (Å²) in [5.41, 5.74) is 9.09. The van der Waals surface area contributed by atoms with Gasteiger partial charge in [0.05, 0.1) is 0 Å². The van der Waals surface area contributed by atoms with Crippen LogP contribution in [0.5, 0.6) is 0 Å². The van der Waals surface area contributed by atoms with E-state index in [0.717, 1.165) is 18.8 Å². The quantitative estimate of drug-likeness (QED) is 0.767. The maximum Gasteiger partial charge on any atom is 0.226 e. The topological polar surface area (TPSA) is 46.3 Å². The first kappa shape index (κ1) is 10.4. The van der Waals surface area contributed by atoms with Crippen molar-refractivity contribution in [3.8, 4) is 0 Å². The van der Waals surface area contributed by atoms with Gasteiger partial charge in [-0.3, -0.25) is 4.79 Å². The molecule has 0 radical (unpaired) electrons. The maximum absolute atomic E-state index is 12.5. The second-order valence-corrected chi connectivity index (χ2v) is 6.01. The number of nitrogens with zero attached hydrogens (tertiary/aromatic N) is 1. The van der Waals surface area contributed by atoms with E-state index in [4.69, 9.17) is 5.73 Å². The van der Waals surface area contributed by atoms with Gasteiger partial charge in [-0.15, -0.1) is 0 Å². The Bertz CT molecular complexity index is 515. The van der Waals surface area contributed by atoms with Crippen molar-refractivity contribution in [2.75, 3.05) is 5.73 Å². The highest BCUT2D eigenvalue weighted by Gasteiger charge is 2.57. The summed E-state index contributed by atoms with van der Waals surface area (Å²) in [6, 6.07) is 6.00. The Balaban J connectivity index is 1.51. The van der Waals surface area contributed by atoms with Gasteiger partial charge in [0.25, 0.3) is 0 Å². The highest BCUT2D eigenvalue weighted by atomic mass is 16.2. The van der Waals surface area contributed by atoms with Gasteiger partial charge in [0.2, 0.25) is 5.91 Å². The predicted molar refractivity (Wildman–Crippen MR) is 69.4 cm³/mol. The van der Waals surface area contributed by atoms with Gasteiger partial charge < -0.3 is 10.6 Å². The Morgan fingerprint density at radius 1 is 1.17 bits per heavy atom. The van der Waals surface area contributed by atoms with Crippen molar-refractivity contribution in [1.29, 1.82) is 0 Å². The van der Waals surface area contributed by atoms with Crippen LogP contribution < -0.4 is 5.73 Å². The number of amides is 1. The molecule has 2 N–H and O–H groups in total. The normalized spacial score (nSPS) is 32.2. The Morgan fingerprint density at radius 3 is 2.67 bits per heavy atom. The van der Waals surface area contributed by atoms with Crippen LogP contribution in [0.1, 0.15) is 30.4 Å². The zero-order chi connectivity index (χ0) is 12.3. The standard InChI is InChI=1S/C15H18N2O/c16-11-5-4-9-7-17(8-10(9)6-11)15(18)14-12-2-1-3-13(12)14/h4-6,12-14H,1-3,7-8,16H2. The van der Waals surface area contributed by atoms with Crippen molar-refractivity contribution in [1.82, 2.24) is 4.90 Å². The lowest BCUT2D eigenvalue weighted by Crippen LogP contribution is -2.28. The lowest BCUT2D eigenvalue weighted by Gasteiger charge is -2.16. The van der Waals surface area contributed by atoms with Gasteiger partial charge in [-0.2, -0.15) is 0 Å². The molecule has 0 saturated heterocycles. The third kappa shape index (κ3) is 1.39. The molecule has 18 heavy (non-hydrogen) atoms. The van der Waals surface area contributed by atoms with E-state index in [1.165, 1.54) is 30.4 Å². The first-order chi connectivity index (χ1) is 8.74. The fraction of sp³-hybridized carbons (Fsp3) is 0.533. The first-order valence-corrected chi connectivity index (χ1v) is 6.90. The highest BCUT2D eigenvalue weighted by Crippen LogP contribution is 2.58. The van der Waals surface area contributed by atoms with Crippen molar-refractivity contribution in [2.24, 2.45) is 17.8 Å². The minimum Gasteiger partial charge on any atom is -0.399 e. The van der Waals surface area contributed by atoms with E-state index in [1.807, 2.05) is 17.0 Å². The van der Waals surface area contributed by atoms with Gasteiger partial charge >= 0.3 is 0 Å². The largest absolute Gasteiger partial charge is 0.399 e. The second-order valence-electron chi connectivity index (χ2n) is 6.01. The number of fused-ring (bicyclic) bond motifs is 2. The molecule has 0 spiro atoms. The molecule has 1 heterocycles. The number of carbonyl (C=O) groups is 1. The molecule has 0 bridgehead atoms. The average molecular weight is 242 g/mol. The van der Waals surface area contributed by atoms with Crippen LogP contribution in [0.3, 0.4) is 0 Å². The molecular formula is C15H18N2O. The maximum atomic E-state index is 12.5. The summed E-state index contributed by atoms with van der Waals surface area (Å²) in [5, 5.41) is 0. The van der Waals surface area contributed by atoms with Crippen molar-refractivity contribution >= 4 is 11.6 Å². The molecule has 1 aromatic rings. The van der Waals surface area contributed by atoms with Crippen LogP contribution in [0.25, 0.3) is 0 Å². The van der Waals surface area contributed by atoms with Crippen LogP contribution in [0, 0.1) is 17.8 Å². The zero-order valence-corrected chi connectivity index (χ0v) is 10.4. The molecule has 1 aliphatic heterocycles. The Hall–Kier alpha value is -1.51. The Morgan fingerprint density at radius 2 is 1.89 bits per heavy atom. The van der Waals surface area contributed by atoms with Gasteiger partial charge in [0, 0.05) is 24.7 Å². The predicted octanol–water partition coefficient (Wildman–Crippen LogP) is 2.16. The molecule has 1 amide bonds. The van der Waals surface area contributed by atoms with Crippen molar-refractivity contribution < 1.29 is 4.79 Å². The lowest BCUT2D eigenvalue weighted by atomic mass is 10.1. The van der Waals surface area contributed by atoms with Crippen LogP contribution in [0.2, 0.25) is 0 Å². The van der Waals surface area contributed by atoms with Gasteiger partial charge in [-0.1, -0.05) is 12.5 Å². The molecule has 2 aliphatic carbocycles. The fourth-order valence-corrected chi connectivity index (χ4v) is 3.97. The van der Waals surface area contributed by atoms with E-state index in [0.29, 0.717) is 23.7 Å². The lowest BCUT2D eigenvalue weighted by molar-refractivity contribution is -0.134. The summed E-state index contributed by atoms with van der Waals surface area (Å²) in [7, 11) is 0. The number of nitrogen functional groups attached to an aromatic ring is 1. The zero-order valence-electron chi connectivity index (χ0n) is 10.4. The molecule has 3 nitrogen and oxygen atoms in total. The average Bonchev–Trinajstić information content (AvgIpc) is 2.77. The summed E-state index contributed by atoms with van der Waals surface area (Å²) >= 11 is 0. The third-order valence-corrected chi connectivity index (χ3v) is 4.96. The van der Waals surface area contributed by atoms with E-state index in [1.54, 1.807) is 0 Å². The van der Waals surface area contributed by atoms with Crippen molar-refractivity contribution in [3.05, 3.63) is 29.3 Å². The second kappa shape index (κ2) is 3.50. The minimum atomic E-state index is 0.352. The molecule has 4 rings (SSSR count). The van der Waals surface area contributed by atoms with Crippen LogP contribution in [-0.2, 0) is 17.9 Å². The van der Waals surface area contributed by atoms with Crippen LogP contribution in [-0.4, -0.2) is 10.8 Å². The molecule has 3 aliphatic rings. The van der Waals surface area contributed by atoms with Gasteiger partial charge in [0.15, 0.2) is 0 Å². The molecule has 0 aromatic heterocycles. The molecule has 2 atom stereocenters. The van der Waals surface area contributed by atoms with Crippen molar-refractivity contribution in [3.63, 3.8) is 0 Å². The van der Waals surface area contributed by atoms with Crippen LogP contribution in [0.15, 0.2) is 18.2 Å². The number of nitrogens with two attached hydrogens (primary N) is 1. The summed E-state index contributed by atoms with van der Waals surface area (Å²) in [6.45, 7) is 1.54. The molecule has 3 heteroatoms. The fourth-order valence-electron chi connectivity index (χ4n) is 3.97. The molecule has 2 saturated carbocycles. The number of hydrogen-bond donors (Lipinski definition) is 1. The SMILES string of the molecule is Nc1ccc2c(c1)CN(C(=O)C1C3CCCC31)C2. The summed E-state index contributed by atoms with van der Waals surface area (Å²) < 4.78 is 0. The summed E-state index contributed by atoms with van der Waals surface area (Å²) in [5.74, 6) is 2.17.